The summed E-state index contributed by atoms with van der Waals surface area (Å²) in [5, 5.41) is 23.7. The van der Waals surface area contributed by atoms with Crippen LogP contribution in [-0.4, -0.2) is 46.9 Å². The molecule has 0 rings (SSSR count). The van der Waals surface area contributed by atoms with Gasteiger partial charge in [-0.05, 0) is 89.9 Å². The van der Waals surface area contributed by atoms with Gasteiger partial charge in [0.15, 0.2) is 0 Å². The van der Waals surface area contributed by atoms with Crippen LogP contribution in [0.4, 0.5) is 0 Å². The Bertz CT molecular complexity index is 1170. The highest BCUT2D eigenvalue weighted by Crippen LogP contribution is 2.17. The molecule has 364 valence electrons. The second-order valence-electron chi connectivity index (χ2n) is 17.9. The number of esters is 1. The summed E-state index contributed by atoms with van der Waals surface area (Å²) in [5.41, 5.74) is 0. The van der Waals surface area contributed by atoms with Crippen molar-refractivity contribution in [3.63, 3.8) is 0 Å². The molecule has 0 aromatic rings. The molecule has 0 heterocycles. The Hall–Kier alpha value is -2.70. The Morgan fingerprint density at radius 2 is 0.873 bits per heavy atom. The largest absolute Gasteiger partial charge is 0.462 e. The first-order valence-corrected chi connectivity index (χ1v) is 26.7. The number of aliphatic hydroxyl groups is 2. The summed E-state index contributed by atoms with van der Waals surface area (Å²) in [7, 11) is 0. The first-order chi connectivity index (χ1) is 31.0. The van der Waals surface area contributed by atoms with Crippen molar-refractivity contribution in [1.82, 2.24) is 5.32 Å². The molecule has 6 heteroatoms. The van der Waals surface area contributed by atoms with Crippen molar-refractivity contribution in [1.29, 1.82) is 0 Å². The Kier molecular flexibility index (Phi) is 48.1. The van der Waals surface area contributed by atoms with E-state index in [9.17, 15) is 19.8 Å². The van der Waals surface area contributed by atoms with Crippen molar-refractivity contribution in [2.45, 2.75) is 270 Å². The summed E-state index contributed by atoms with van der Waals surface area (Å²) in [4.78, 5) is 26.1. The van der Waals surface area contributed by atoms with E-state index in [4.69, 9.17) is 4.74 Å². The molecule has 0 fully saturated rings. The molecule has 1 amide bonds. The van der Waals surface area contributed by atoms with Gasteiger partial charge in [0, 0.05) is 6.42 Å². The van der Waals surface area contributed by atoms with E-state index in [1.165, 1.54) is 116 Å². The van der Waals surface area contributed by atoms with Gasteiger partial charge in [0.25, 0.3) is 0 Å². The fourth-order valence-corrected chi connectivity index (χ4v) is 7.75. The second-order valence-corrected chi connectivity index (χ2v) is 17.9. The topological polar surface area (TPSA) is 95.9 Å². The molecule has 0 aromatic carbocycles. The van der Waals surface area contributed by atoms with Gasteiger partial charge in [0.1, 0.15) is 6.10 Å². The van der Waals surface area contributed by atoms with Gasteiger partial charge >= 0.3 is 5.97 Å². The molecule has 0 aliphatic rings. The molecule has 0 aliphatic carbocycles. The highest BCUT2D eigenvalue weighted by atomic mass is 16.5. The number of unbranched alkanes of at least 4 members (excludes halogenated alkanes) is 23. The summed E-state index contributed by atoms with van der Waals surface area (Å²) in [6.07, 6.45) is 64.0. The molecule has 3 unspecified atom stereocenters. The molecule has 0 radical (unpaired) electrons. The Morgan fingerprint density at radius 1 is 0.476 bits per heavy atom. The van der Waals surface area contributed by atoms with E-state index in [0.29, 0.717) is 19.3 Å². The van der Waals surface area contributed by atoms with Crippen LogP contribution < -0.4 is 5.32 Å². The quantitative estimate of drug-likeness (QED) is 0.0321. The van der Waals surface area contributed by atoms with Crippen molar-refractivity contribution in [2.75, 3.05) is 6.61 Å². The lowest BCUT2D eigenvalue weighted by Crippen LogP contribution is -2.46. The number of carbonyl (C=O) groups excluding carboxylic acids is 2. The third-order valence-electron chi connectivity index (χ3n) is 11.8. The van der Waals surface area contributed by atoms with Crippen LogP contribution in [-0.2, 0) is 14.3 Å². The van der Waals surface area contributed by atoms with E-state index in [2.05, 4.69) is 99.0 Å². The molecule has 0 spiro atoms. The van der Waals surface area contributed by atoms with E-state index in [1.807, 2.05) is 0 Å². The molecule has 3 atom stereocenters. The van der Waals surface area contributed by atoms with Gasteiger partial charge in [-0.3, -0.25) is 9.59 Å². The summed E-state index contributed by atoms with van der Waals surface area (Å²) >= 11 is 0. The van der Waals surface area contributed by atoms with Gasteiger partial charge in [0.2, 0.25) is 5.91 Å². The minimum absolute atomic E-state index is 0.0330. The summed E-state index contributed by atoms with van der Waals surface area (Å²) < 4.78 is 5.91. The average Bonchev–Trinajstić information content (AvgIpc) is 3.28. The predicted molar refractivity (Wildman–Crippen MR) is 273 cm³/mol. The number of nitrogens with one attached hydrogen (secondary N) is 1. The van der Waals surface area contributed by atoms with Gasteiger partial charge in [-0.25, -0.2) is 0 Å². The van der Waals surface area contributed by atoms with E-state index >= 15 is 0 Å². The second kappa shape index (κ2) is 50.3. The van der Waals surface area contributed by atoms with Crippen LogP contribution in [0.3, 0.4) is 0 Å². The zero-order valence-electron chi connectivity index (χ0n) is 41.4. The van der Waals surface area contributed by atoms with E-state index in [-0.39, 0.29) is 24.9 Å². The normalized spacial score (nSPS) is 13.8. The summed E-state index contributed by atoms with van der Waals surface area (Å²) in [5.74, 6) is -0.540. The van der Waals surface area contributed by atoms with Gasteiger partial charge in [-0.15, -0.1) is 0 Å². The summed E-state index contributed by atoms with van der Waals surface area (Å²) in [6.45, 7) is 6.34. The van der Waals surface area contributed by atoms with Crippen molar-refractivity contribution in [2.24, 2.45) is 0 Å². The molecule has 0 saturated carbocycles. The van der Waals surface area contributed by atoms with Crippen LogP contribution in [0.5, 0.6) is 0 Å². The van der Waals surface area contributed by atoms with Crippen molar-refractivity contribution < 1.29 is 24.5 Å². The monoisotopic (exact) mass is 880 g/mol. The summed E-state index contributed by atoms with van der Waals surface area (Å²) in [6, 6.07) is -0.723. The predicted octanol–water partition coefficient (Wildman–Crippen LogP) is 16.2. The van der Waals surface area contributed by atoms with Crippen LogP contribution in [0.1, 0.15) is 252 Å². The van der Waals surface area contributed by atoms with Crippen LogP contribution in [0, 0.1) is 0 Å². The highest BCUT2D eigenvalue weighted by Gasteiger charge is 2.24. The Labute approximate surface area is 390 Å². The highest BCUT2D eigenvalue weighted by molar-refractivity contribution is 5.77. The van der Waals surface area contributed by atoms with Crippen LogP contribution >= 0.6 is 0 Å². The molecule has 6 nitrogen and oxygen atoms in total. The number of allylic oxidation sites excluding steroid dienone is 12. The van der Waals surface area contributed by atoms with Crippen molar-refractivity contribution in [3.05, 3.63) is 72.9 Å². The Balaban J connectivity index is 4.67. The number of carbonyl (C=O) groups is 2. The smallest absolute Gasteiger partial charge is 0.306 e. The van der Waals surface area contributed by atoms with Gasteiger partial charge < -0.3 is 20.3 Å². The van der Waals surface area contributed by atoms with Crippen molar-refractivity contribution >= 4 is 11.9 Å². The lowest BCUT2D eigenvalue weighted by atomic mass is 10.0. The fourth-order valence-electron chi connectivity index (χ4n) is 7.75. The maximum atomic E-state index is 13.2. The number of ether oxygens (including phenoxy) is 1. The zero-order chi connectivity index (χ0) is 45.9. The molecular formula is C57H101NO5. The zero-order valence-corrected chi connectivity index (χ0v) is 41.4. The lowest BCUT2D eigenvalue weighted by Gasteiger charge is -2.24. The Morgan fingerprint density at radius 3 is 1.35 bits per heavy atom. The van der Waals surface area contributed by atoms with Gasteiger partial charge in [-0.2, -0.15) is 0 Å². The number of aliphatic hydroxyl groups excluding tert-OH is 2. The van der Waals surface area contributed by atoms with E-state index in [1.54, 1.807) is 0 Å². The maximum absolute atomic E-state index is 13.2. The first-order valence-electron chi connectivity index (χ1n) is 26.7. The standard InChI is InChI=1S/C57H101NO5/c1-4-7-10-13-16-19-21-23-25-27-29-31-33-35-38-41-44-47-50-57(62)63-53(48-45-42-39-37-34-32-30-28-26-24-22-20-17-14-11-8-5-2)51-56(61)58-54(52-59)55(60)49-46-43-40-36-18-15-12-9-6-3/h8,11,17,20,24,26,29-32,37,39,53-55,59-60H,4-7,9-10,12-16,18-19,21-23,25,27-28,33-36,38,40-52H2,1-3H3,(H,58,61)/b11-8-,20-17-,26-24-,31-29+,32-30-,39-37-. The molecule has 3 N–H and O–H groups in total. The number of rotatable bonds is 47. The fraction of sp³-hybridized carbons (Fsp3) is 0.754. The van der Waals surface area contributed by atoms with Crippen LogP contribution in [0.25, 0.3) is 0 Å². The molecule has 0 saturated heterocycles. The number of amides is 1. The molecular weight excluding hydrogens is 779 g/mol. The van der Waals surface area contributed by atoms with E-state index < -0.39 is 18.2 Å². The molecule has 0 aliphatic heterocycles. The molecule has 0 aromatic heterocycles. The van der Waals surface area contributed by atoms with Crippen LogP contribution in [0.15, 0.2) is 72.9 Å². The molecule has 0 bridgehead atoms. The number of hydrogen-bond acceptors (Lipinski definition) is 5. The SMILES string of the molecule is CC/C=C\C/C=C\C/C=C\C/C=C\C/C=C\CCCC(CC(=O)NC(CO)C(O)CCCCCCCCCCC)OC(=O)CCCCCCC/C=C/CCCCCCCCCCC. The average molecular weight is 880 g/mol. The molecule has 63 heavy (non-hydrogen) atoms. The van der Waals surface area contributed by atoms with E-state index in [0.717, 1.165) is 89.9 Å². The first kappa shape index (κ1) is 60.3. The lowest BCUT2D eigenvalue weighted by molar-refractivity contribution is -0.151. The minimum atomic E-state index is -0.805. The van der Waals surface area contributed by atoms with Gasteiger partial charge in [-0.1, -0.05) is 222 Å². The maximum Gasteiger partial charge on any atom is 0.306 e. The third kappa shape index (κ3) is 45.7. The minimum Gasteiger partial charge on any atom is -0.462 e. The third-order valence-corrected chi connectivity index (χ3v) is 11.8. The van der Waals surface area contributed by atoms with Gasteiger partial charge in [0.05, 0.1) is 25.2 Å². The van der Waals surface area contributed by atoms with Crippen LogP contribution in [0.2, 0.25) is 0 Å². The van der Waals surface area contributed by atoms with Crippen molar-refractivity contribution in [3.8, 4) is 0 Å². The number of hydrogen-bond donors (Lipinski definition) is 3.